The summed E-state index contributed by atoms with van der Waals surface area (Å²) >= 11 is 0. The summed E-state index contributed by atoms with van der Waals surface area (Å²) in [5.74, 6) is 6.03. The summed E-state index contributed by atoms with van der Waals surface area (Å²) in [4.78, 5) is 0. The van der Waals surface area contributed by atoms with E-state index in [0.717, 1.165) is 16.7 Å². The second-order valence-electron chi connectivity index (χ2n) is 2.63. The second kappa shape index (κ2) is 2.97. The Hall–Kier alpha value is -1.32. The van der Waals surface area contributed by atoms with Crippen molar-refractivity contribution in [1.82, 2.24) is 5.43 Å². The predicted molar refractivity (Wildman–Crippen MR) is 47.2 cm³/mol. The molecular formula is C9H10N2O. The molecule has 0 aliphatic rings. The summed E-state index contributed by atoms with van der Waals surface area (Å²) in [6.45, 7) is 0.564. The minimum Gasteiger partial charge on any atom is -0.460 e. The molecule has 62 valence electrons. The van der Waals surface area contributed by atoms with Crippen molar-refractivity contribution in [3.8, 4) is 0 Å². The summed E-state index contributed by atoms with van der Waals surface area (Å²) in [7, 11) is 0. The van der Waals surface area contributed by atoms with Gasteiger partial charge in [-0.25, -0.2) is 0 Å². The first-order valence-electron chi connectivity index (χ1n) is 3.81. The van der Waals surface area contributed by atoms with Crippen LogP contribution in [-0.2, 0) is 6.54 Å². The van der Waals surface area contributed by atoms with Gasteiger partial charge in [0.15, 0.2) is 0 Å². The van der Waals surface area contributed by atoms with Gasteiger partial charge in [-0.15, -0.1) is 0 Å². The molecule has 3 heteroatoms. The molecule has 0 radical (unpaired) electrons. The van der Waals surface area contributed by atoms with Gasteiger partial charge in [0.1, 0.15) is 11.3 Å². The van der Waals surface area contributed by atoms with Crippen LogP contribution in [0.2, 0.25) is 0 Å². The Balaban J connectivity index is 2.47. The third-order valence-electron chi connectivity index (χ3n) is 1.75. The van der Waals surface area contributed by atoms with Gasteiger partial charge in [-0.05, 0) is 12.1 Å². The van der Waals surface area contributed by atoms with Crippen LogP contribution >= 0.6 is 0 Å². The number of nitrogens with one attached hydrogen (secondary N) is 1. The molecule has 12 heavy (non-hydrogen) atoms. The van der Waals surface area contributed by atoms with Crippen LogP contribution in [0.3, 0.4) is 0 Å². The zero-order chi connectivity index (χ0) is 8.39. The number of para-hydroxylation sites is 1. The van der Waals surface area contributed by atoms with Crippen LogP contribution < -0.4 is 11.3 Å². The van der Waals surface area contributed by atoms with Crippen molar-refractivity contribution in [1.29, 1.82) is 0 Å². The first-order chi connectivity index (χ1) is 5.90. The van der Waals surface area contributed by atoms with Crippen molar-refractivity contribution in [2.45, 2.75) is 6.54 Å². The SMILES string of the molecule is NNCc1cc2ccccc2o1. The zero-order valence-corrected chi connectivity index (χ0v) is 6.58. The third kappa shape index (κ3) is 1.20. The minimum absolute atomic E-state index is 0.564. The monoisotopic (exact) mass is 162 g/mol. The maximum absolute atomic E-state index is 5.47. The number of hydrazine groups is 1. The summed E-state index contributed by atoms with van der Waals surface area (Å²) < 4.78 is 5.47. The molecule has 3 nitrogen and oxygen atoms in total. The lowest BCUT2D eigenvalue weighted by atomic mass is 10.2. The Morgan fingerprint density at radius 1 is 1.33 bits per heavy atom. The van der Waals surface area contributed by atoms with Crippen molar-refractivity contribution in [3.05, 3.63) is 36.1 Å². The van der Waals surface area contributed by atoms with E-state index < -0.39 is 0 Å². The predicted octanol–water partition coefficient (Wildman–Crippen LogP) is 1.40. The van der Waals surface area contributed by atoms with E-state index >= 15 is 0 Å². The highest BCUT2D eigenvalue weighted by atomic mass is 16.3. The van der Waals surface area contributed by atoms with Crippen molar-refractivity contribution in [2.75, 3.05) is 0 Å². The molecule has 1 aromatic heterocycles. The average Bonchev–Trinajstić information content (AvgIpc) is 2.47. The van der Waals surface area contributed by atoms with Gasteiger partial charge in [-0.3, -0.25) is 11.3 Å². The lowest BCUT2D eigenvalue weighted by molar-refractivity contribution is 0.520. The van der Waals surface area contributed by atoms with Gasteiger partial charge in [0.2, 0.25) is 0 Å². The van der Waals surface area contributed by atoms with E-state index in [2.05, 4.69) is 5.43 Å². The fourth-order valence-electron chi connectivity index (χ4n) is 1.22. The highest BCUT2D eigenvalue weighted by Crippen LogP contribution is 2.18. The molecule has 3 N–H and O–H groups in total. The molecule has 0 aliphatic carbocycles. The second-order valence-corrected chi connectivity index (χ2v) is 2.63. The molecule has 0 amide bonds. The van der Waals surface area contributed by atoms with Crippen LogP contribution in [0.4, 0.5) is 0 Å². The van der Waals surface area contributed by atoms with Crippen molar-refractivity contribution in [3.63, 3.8) is 0 Å². The van der Waals surface area contributed by atoms with E-state index in [1.54, 1.807) is 0 Å². The van der Waals surface area contributed by atoms with Crippen LogP contribution in [0.1, 0.15) is 5.76 Å². The van der Waals surface area contributed by atoms with Gasteiger partial charge in [0, 0.05) is 5.39 Å². The molecule has 2 rings (SSSR count). The molecule has 0 fully saturated rings. The summed E-state index contributed by atoms with van der Waals surface area (Å²) in [5.41, 5.74) is 3.46. The molecule has 0 unspecified atom stereocenters. The minimum atomic E-state index is 0.564. The highest BCUT2D eigenvalue weighted by Gasteiger charge is 2.00. The molecule has 0 bridgehead atoms. The lowest BCUT2D eigenvalue weighted by Crippen LogP contribution is -2.20. The van der Waals surface area contributed by atoms with Crippen molar-refractivity contribution < 1.29 is 4.42 Å². The lowest BCUT2D eigenvalue weighted by Gasteiger charge is -1.90. The van der Waals surface area contributed by atoms with E-state index in [-0.39, 0.29) is 0 Å². The van der Waals surface area contributed by atoms with Gasteiger partial charge < -0.3 is 4.42 Å². The Bertz CT molecular complexity index is 348. The van der Waals surface area contributed by atoms with E-state index in [9.17, 15) is 0 Å². The largest absolute Gasteiger partial charge is 0.460 e. The normalized spacial score (nSPS) is 10.8. The quantitative estimate of drug-likeness (QED) is 0.518. The molecule has 0 aliphatic heterocycles. The number of rotatable bonds is 2. The van der Waals surface area contributed by atoms with Crippen LogP contribution in [0, 0.1) is 0 Å². The fourth-order valence-corrected chi connectivity index (χ4v) is 1.22. The Morgan fingerprint density at radius 2 is 2.17 bits per heavy atom. The first kappa shape index (κ1) is 7.34. The van der Waals surface area contributed by atoms with Gasteiger partial charge in [-0.2, -0.15) is 0 Å². The number of fused-ring (bicyclic) bond motifs is 1. The molecule has 1 aromatic carbocycles. The third-order valence-corrected chi connectivity index (χ3v) is 1.75. The van der Waals surface area contributed by atoms with Crippen LogP contribution in [0.5, 0.6) is 0 Å². The Kier molecular flexibility index (Phi) is 1.81. The van der Waals surface area contributed by atoms with Crippen molar-refractivity contribution in [2.24, 2.45) is 5.84 Å². The van der Waals surface area contributed by atoms with Crippen LogP contribution in [0.25, 0.3) is 11.0 Å². The number of hydrogen-bond acceptors (Lipinski definition) is 3. The molecule has 0 saturated heterocycles. The highest BCUT2D eigenvalue weighted by molar-refractivity contribution is 5.77. The van der Waals surface area contributed by atoms with Gasteiger partial charge >= 0.3 is 0 Å². The zero-order valence-electron chi connectivity index (χ0n) is 6.58. The Morgan fingerprint density at radius 3 is 2.92 bits per heavy atom. The molecule has 0 spiro atoms. The first-order valence-corrected chi connectivity index (χ1v) is 3.81. The molecule has 0 saturated carbocycles. The fraction of sp³-hybridized carbons (Fsp3) is 0.111. The van der Waals surface area contributed by atoms with E-state index in [0.29, 0.717) is 6.54 Å². The summed E-state index contributed by atoms with van der Waals surface area (Å²) in [6.07, 6.45) is 0. The average molecular weight is 162 g/mol. The molecule has 2 aromatic rings. The molecular weight excluding hydrogens is 152 g/mol. The summed E-state index contributed by atoms with van der Waals surface area (Å²) in [6, 6.07) is 9.87. The van der Waals surface area contributed by atoms with E-state index in [1.807, 2.05) is 30.3 Å². The maximum atomic E-state index is 5.47. The number of furan rings is 1. The standard InChI is InChI=1S/C9H10N2O/c10-11-6-8-5-7-3-1-2-4-9(7)12-8/h1-5,11H,6,10H2. The van der Waals surface area contributed by atoms with Gasteiger partial charge in [0.25, 0.3) is 0 Å². The topological polar surface area (TPSA) is 51.2 Å². The van der Waals surface area contributed by atoms with Gasteiger partial charge in [0.05, 0.1) is 6.54 Å². The molecule has 1 heterocycles. The van der Waals surface area contributed by atoms with E-state index in [4.69, 9.17) is 10.3 Å². The van der Waals surface area contributed by atoms with Gasteiger partial charge in [-0.1, -0.05) is 18.2 Å². The summed E-state index contributed by atoms with van der Waals surface area (Å²) in [5, 5.41) is 1.11. The number of hydrogen-bond donors (Lipinski definition) is 2. The van der Waals surface area contributed by atoms with Crippen LogP contribution in [-0.4, -0.2) is 0 Å². The maximum Gasteiger partial charge on any atom is 0.134 e. The molecule has 0 atom stereocenters. The van der Waals surface area contributed by atoms with Crippen molar-refractivity contribution >= 4 is 11.0 Å². The van der Waals surface area contributed by atoms with Crippen LogP contribution in [0.15, 0.2) is 34.7 Å². The smallest absolute Gasteiger partial charge is 0.134 e. The Labute approximate surface area is 70.1 Å². The number of nitrogens with two attached hydrogens (primary N) is 1. The van der Waals surface area contributed by atoms with E-state index in [1.165, 1.54) is 0 Å². The number of benzene rings is 1.